The minimum absolute atomic E-state index is 0.0607. The van der Waals surface area contributed by atoms with E-state index < -0.39 is 0 Å². The van der Waals surface area contributed by atoms with Crippen molar-refractivity contribution in [3.05, 3.63) is 0 Å². The Morgan fingerprint density at radius 2 is 1.73 bits per heavy atom. The zero-order chi connectivity index (χ0) is 16.0. The maximum Gasteiger partial charge on any atom is 0.241 e. The zero-order valence-electron chi connectivity index (χ0n) is 14.1. The summed E-state index contributed by atoms with van der Waals surface area (Å²) in [5.74, 6) is 0.604. The Hall–Kier alpha value is -1.30. The molecule has 0 aromatic carbocycles. The predicted molar refractivity (Wildman–Crippen MR) is 90.1 cm³/mol. The Balaban J connectivity index is 2.22. The van der Waals surface area contributed by atoms with Crippen molar-refractivity contribution in [3.63, 3.8) is 0 Å². The van der Waals surface area contributed by atoms with Crippen molar-refractivity contribution >= 4 is 11.9 Å². The van der Waals surface area contributed by atoms with Gasteiger partial charge in [0.15, 0.2) is 5.96 Å². The second kappa shape index (κ2) is 12.3. The molecule has 128 valence electrons. The van der Waals surface area contributed by atoms with Crippen LogP contribution >= 0.6 is 0 Å². The summed E-state index contributed by atoms with van der Waals surface area (Å²) in [4.78, 5) is 15.7. The van der Waals surface area contributed by atoms with Gasteiger partial charge in [0, 0.05) is 19.6 Å². The maximum absolute atomic E-state index is 11.4. The second-order valence-corrected chi connectivity index (χ2v) is 5.56. The van der Waals surface area contributed by atoms with E-state index in [1.807, 2.05) is 13.8 Å². The number of rotatable bonds is 8. The molecule has 0 aliphatic heterocycles. The van der Waals surface area contributed by atoms with Gasteiger partial charge in [-0.25, -0.2) is 4.99 Å². The minimum atomic E-state index is -0.0607. The van der Waals surface area contributed by atoms with Crippen LogP contribution in [0, 0.1) is 0 Å². The Labute approximate surface area is 134 Å². The van der Waals surface area contributed by atoms with E-state index in [-0.39, 0.29) is 12.5 Å². The number of nitrogens with one attached hydrogen (secondary N) is 3. The van der Waals surface area contributed by atoms with E-state index in [1.165, 1.54) is 38.5 Å². The lowest BCUT2D eigenvalue weighted by molar-refractivity contribution is -0.119. The summed E-state index contributed by atoms with van der Waals surface area (Å²) in [6.07, 6.45) is 8.05. The number of amides is 1. The lowest BCUT2D eigenvalue weighted by Gasteiger charge is -2.16. The van der Waals surface area contributed by atoms with Gasteiger partial charge in [0.05, 0.1) is 12.7 Å². The normalized spacial score (nSPS) is 16.9. The van der Waals surface area contributed by atoms with Gasteiger partial charge in [0.25, 0.3) is 0 Å². The lowest BCUT2D eigenvalue weighted by atomic mass is 10.1. The molecule has 0 heterocycles. The van der Waals surface area contributed by atoms with Crippen LogP contribution in [0.4, 0.5) is 0 Å². The van der Waals surface area contributed by atoms with Crippen molar-refractivity contribution < 1.29 is 9.53 Å². The Kier molecular flexibility index (Phi) is 10.5. The average molecular weight is 312 g/mol. The smallest absolute Gasteiger partial charge is 0.241 e. The summed E-state index contributed by atoms with van der Waals surface area (Å²) < 4.78 is 5.93. The van der Waals surface area contributed by atoms with Crippen molar-refractivity contribution in [2.45, 2.75) is 58.5 Å². The first-order chi connectivity index (χ1) is 10.8. The van der Waals surface area contributed by atoms with Gasteiger partial charge in [-0.1, -0.05) is 25.7 Å². The third kappa shape index (κ3) is 8.87. The monoisotopic (exact) mass is 312 g/mol. The van der Waals surface area contributed by atoms with Crippen LogP contribution in [0.2, 0.25) is 0 Å². The molecule has 1 aliphatic rings. The number of carbonyl (C=O) groups excluding carboxylic acids is 1. The zero-order valence-corrected chi connectivity index (χ0v) is 14.1. The first-order valence-corrected chi connectivity index (χ1v) is 8.66. The van der Waals surface area contributed by atoms with Crippen LogP contribution in [0.25, 0.3) is 0 Å². The predicted octanol–water partition coefficient (Wildman–Crippen LogP) is 1.42. The van der Waals surface area contributed by atoms with Crippen LogP contribution in [-0.4, -0.2) is 50.8 Å². The summed E-state index contributed by atoms with van der Waals surface area (Å²) in [6, 6.07) is 0. The molecule has 0 aromatic rings. The Morgan fingerprint density at radius 3 is 2.36 bits per heavy atom. The van der Waals surface area contributed by atoms with Crippen molar-refractivity contribution in [1.82, 2.24) is 16.0 Å². The first-order valence-electron chi connectivity index (χ1n) is 8.66. The highest BCUT2D eigenvalue weighted by atomic mass is 16.5. The molecule has 0 bridgehead atoms. The van der Waals surface area contributed by atoms with Crippen LogP contribution in [0.1, 0.15) is 52.4 Å². The summed E-state index contributed by atoms with van der Waals surface area (Å²) >= 11 is 0. The number of carbonyl (C=O) groups is 1. The number of guanidine groups is 1. The Morgan fingerprint density at radius 1 is 1.05 bits per heavy atom. The average Bonchev–Trinajstić information content (AvgIpc) is 2.78. The van der Waals surface area contributed by atoms with E-state index in [0.29, 0.717) is 31.8 Å². The number of nitrogens with zero attached hydrogens (tertiary/aromatic N) is 1. The van der Waals surface area contributed by atoms with Crippen LogP contribution in [0.15, 0.2) is 4.99 Å². The van der Waals surface area contributed by atoms with Gasteiger partial charge in [-0.15, -0.1) is 0 Å². The second-order valence-electron chi connectivity index (χ2n) is 5.56. The van der Waals surface area contributed by atoms with E-state index in [4.69, 9.17) is 4.74 Å². The molecule has 0 spiro atoms. The fourth-order valence-electron chi connectivity index (χ4n) is 2.55. The molecule has 1 aliphatic carbocycles. The number of ether oxygens (including phenoxy) is 1. The van der Waals surface area contributed by atoms with Gasteiger partial charge >= 0.3 is 0 Å². The molecule has 1 saturated carbocycles. The molecule has 1 fully saturated rings. The fourth-order valence-corrected chi connectivity index (χ4v) is 2.55. The van der Waals surface area contributed by atoms with Gasteiger partial charge in [-0.05, 0) is 26.7 Å². The summed E-state index contributed by atoms with van der Waals surface area (Å²) in [6.45, 7) is 6.83. The number of hydrogen-bond acceptors (Lipinski definition) is 3. The van der Waals surface area contributed by atoms with E-state index in [9.17, 15) is 4.79 Å². The molecule has 3 N–H and O–H groups in total. The summed E-state index contributed by atoms with van der Waals surface area (Å²) in [5.41, 5.74) is 0. The molecule has 1 rings (SSSR count). The molecule has 0 unspecified atom stereocenters. The third-order valence-electron chi connectivity index (χ3n) is 3.65. The van der Waals surface area contributed by atoms with Gasteiger partial charge in [-0.2, -0.15) is 0 Å². The molecular formula is C16H32N4O2. The molecule has 0 atom stereocenters. The van der Waals surface area contributed by atoms with Gasteiger partial charge in [0.2, 0.25) is 5.91 Å². The minimum Gasteiger partial charge on any atom is -0.376 e. The quantitative estimate of drug-likeness (QED) is 0.274. The van der Waals surface area contributed by atoms with E-state index >= 15 is 0 Å². The highest BCUT2D eigenvalue weighted by Gasteiger charge is 2.12. The topological polar surface area (TPSA) is 74.8 Å². The van der Waals surface area contributed by atoms with E-state index in [2.05, 4.69) is 20.9 Å². The fraction of sp³-hybridized carbons (Fsp3) is 0.875. The largest absolute Gasteiger partial charge is 0.376 e. The van der Waals surface area contributed by atoms with Crippen molar-refractivity contribution in [2.75, 3.05) is 32.8 Å². The molecule has 22 heavy (non-hydrogen) atoms. The highest BCUT2D eigenvalue weighted by molar-refractivity contribution is 5.84. The number of hydrogen-bond donors (Lipinski definition) is 3. The summed E-state index contributed by atoms with van der Waals surface area (Å²) in [7, 11) is 0. The van der Waals surface area contributed by atoms with Crippen LogP contribution in [0.3, 0.4) is 0 Å². The summed E-state index contributed by atoms with van der Waals surface area (Å²) in [5, 5.41) is 9.07. The van der Waals surface area contributed by atoms with Crippen molar-refractivity contribution in [2.24, 2.45) is 4.99 Å². The molecule has 6 heteroatoms. The van der Waals surface area contributed by atoms with Crippen molar-refractivity contribution in [3.8, 4) is 0 Å². The standard InChI is InChI=1S/C16H32N4O2/c1-3-17-15(21)13-20-16(18-4-2)19-11-12-22-14-9-7-5-6-8-10-14/h14H,3-13H2,1-2H3,(H,17,21)(H2,18,19,20). The number of likely N-dealkylation sites (N-methyl/N-ethyl adjacent to an activating group) is 1. The van der Waals surface area contributed by atoms with Crippen molar-refractivity contribution in [1.29, 1.82) is 0 Å². The van der Waals surface area contributed by atoms with E-state index in [1.54, 1.807) is 0 Å². The molecular weight excluding hydrogens is 280 g/mol. The first kappa shape index (κ1) is 18.7. The SMILES string of the molecule is CCNC(=O)CN=C(NCC)NCCOC1CCCCCC1. The lowest BCUT2D eigenvalue weighted by Crippen LogP contribution is -2.40. The molecule has 0 radical (unpaired) electrons. The maximum atomic E-state index is 11.4. The molecule has 6 nitrogen and oxygen atoms in total. The Bertz CT molecular complexity index is 326. The van der Waals surface area contributed by atoms with E-state index in [0.717, 1.165) is 6.54 Å². The van der Waals surface area contributed by atoms with Gasteiger partial charge in [-0.3, -0.25) is 4.79 Å². The molecule has 0 saturated heterocycles. The number of aliphatic imine (C=N–C) groups is 1. The van der Waals surface area contributed by atoms with Gasteiger partial charge < -0.3 is 20.7 Å². The van der Waals surface area contributed by atoms with Crippen LogP contribution in [0.5, 0.6) is 0 Å². The van der Waals surface area contributed by atoms with Crippen LogP contribution < -0.4 is 16.0 Å². The molecule has 0 aromatic heterocycles. The van der Waals surface area contributed by atoms with Gasteiger partial charge in [0.1, 0.15) is 6.54 Å². The van der Waals surface area contributed by atoms with Crippen LogP contribution in [-0.2, 0) is 9.53 Å². The third-order valence-corrected chi connectivity index (χ3v) is 3.65. The molecule has 1 amide bonds. The highest BCUT2D eigenvalue weighted by Crippen LogP contribution is 2.19.